The van der Waals surface area contributed by atoms with E-state index in [4.69, 9.17) is 5.11 Å². The van der Waals surface area contributed by atoms with Crippen LogP contribution in [0.5, 0.6) is 0 Å². The summed E-state index contributed by atoms with van der Waals surface area (Å²) in [4.78, 5) is 30.2. The first-order chi connectivity index (χ1) is 9.58. The van der Waals surface area contributed by atoms with Crippen LogP contribution in [-0.4, -0.2) is 27.0 Å². The lowest BCUT2D eigenvalue weighted by atomic mass is 10.2. The number of amides is 1. The Kier molecular flexibility index (Phi) is 3.90. The van der Waals surface area contributed by atoms with Crippen LogP contribution in [0.2, 0.25) is 0 Å². The van der Waals surface area contributed by atoms with Crippen molar-refractivity contribution in [2.24, 2.45) is 0 Å². The Morgan fingerprint density at radius 2 is 2.00 bits per heavy atom. The van der Waals surface area contributed by atoms with Crippen molar-refractivity contribution in [1.29, 1.82) is 0 Å². The minimum absolute atomic E-state index is 0.0585. The topological polar surface area (TPSA) is 104 Å². The summed E-state index contributed by atoms with van der Waals surface area (Å²) in [6.45, 7) is 1.34. The Labute approximate surface area is 114 Å². The van der Waals surface area contributed by atoms with Crippen LogP contribution in [0.3, 0.4) is 0 Å². The fraction of sp³-hybridized carbons (Fsp3) is 0.0769. The second-order valence-electron chi connectivity index (χ2n) is 3.99. The molecular formula is C13H12N4O3. The molecule has 102 valence electrons. The van der Waals surface area contributed by atoms with Gasteiger partial charge in [-0.2, -0.15) is 0 Å². The van der Waals surface area contributed by atoms with E-state index >= 15 is 0 Å². The van der Waals surface area contributed by atoms with Crippen molar-refractivity contribution in [3.05, 3.63) is 42.2 Å². The highest BCUT2D eigenvalue weighted by Crippen LogP contribution is 2.17. The van der Waals surface area contributed by atoms with Crippen LogP contribution in [0.15, 0.2) is 42.2 Å². The van der Waals surface area contributed by atoms with E-state index < -0.39 is 11.9 Å². The van der Waals surface area contributed by atoms with E-state index in [9.17, 15) is 9.59 Å². The molecular weight excluding hydrogens is 260 g/mol. The first-order valence-electron chi connectivity index (χ1n) is 5.75. The van der Waals surface area contributed by atoms with Crippen molar-refractivity contribution in [2.75, 3.05) is 5.43 Å². The third kappa shape index (κ3) is 3.08. The molecule has 0 saturated heterocycles. The van der Waals surface area contributed by atoms with Gasteiger partial charge in [-0.05, 0) is 19.1 Å². The monoisotopic (exact) mass is 272 g/mol. The molecule has 0 bridgehead atoms. The average molecular weight is 272 g/mol. The van der Waals surface area contributed by atoms with Gasteiger partial charge in [0.15, 0.2) is 5.82 Å². The highest BCUT2D eigenvalue weighted by Gasteiger charge is 2.06. The lowest BCUT2D eigenvalue weighted by molar-refractivity contribution is -0.133. The van der Waals surface area contributed by atoms with Gasteiger partial charge in [0.25, 0.3) is 5.91 Å². The number of carboxylic acids is 1. The number of fused-ring (bicyclic) bond motifs is 1. The number of rotatable bonds is 4. The van der Waals surface area contributed by atoms with Crippen molar-refractivity contribution in [2.45, 2.75) is 6.92 Å². The summed E-state index contributed by atoms with van der Waals surface area (Å²) in [5.74, 6) is -1.29. The largest absolute Gasteiger partial charge is 0.478 e. The van der Waals surface area contributed by atoms with Gasteiger partial charge in [-0.25, -0.2) is 14.8 Å². The van der Waals surface area contributed by atoms with Gasteiger partial charge in [0, 0.05) is 17.0 Å². The lowest BCUT2D eigenvalue weighted by Gasteiger charge is -2.08. The number of aromatic nitrogens is 2. The fourth-order valence-electron chi connectivity index (χ4n) is 1.52. The van der Waals surface area contributed by atoms with Gasteiger partial charge >= 0.3 is 5.97 Å². The number of hydrogen-bond acceptors (Lipinski definition) is 5. The predicted octanol–water partition coefficient (Wildman–Crippen LogP) is 1.10. The van der Waals surface area contributed by atoms with Gasteiger partial charge in [0.2, 0.25) is 0 Å². The molecule has 0 fully saturated rings. The maximum Gasteiger partial charge on any atom is 0.331 e. The highest BCUT2D eigenvalue weighted by molar-refractivity contribution is 5.98. The van der Waals surface area contributed by atoms with Gasteiger partial charge in [0.05, 0.1) is 5.52 Å². The van der Waals surface area contributed by atoms with E-state index in [1.54, 1.807) is 0 Å². The molecule has 0 unspecified atom stereocenters. The summed E-state index contributed by atoms with van der Waals surface area (Å²) in [5.41, 5.74) is 5.68. The van der Waals surface area contributed by atoms with Crippen LogP contribution in [0, 0.1) is 0 Å². The molecule has 0 aliphatic rings. The van der Waals surface area contributed by atoms with E-state index in [0.717, 1.165) is 17.0 Å². The molecule has 3 N–H and O–H groups in total. The van der Waals surface area contributed by atoms with Crippen LogP contribution in [0.25, 0.3) is 10.9 Å². The smallest absolute Gasteiger partial charge is 0.331 e. The van der Waals surface area contributed by atoms with Gasteiger partial charge < -0.3 is 5.11 Å². The minimum atomic E-state index is -1.15. The normalized spacial score (nSPS) is 11.2. The van der Waals surface area contributed by atoms with E-state index in [2.05, 4.69) is 20.8 Å². The molecule has 0 saturated carbocycles. The Balaban J connectivity index is 2.12. The van der Waals surface area contributed by atoms with Crippen molar-refractivity contribution in [3.63, 3.8) is 0 Å². The SMILES string of the molecule is C/C(=C\C(=O)NNc1ncnc2ccccc12)C(=O)O. The van der Waals surface area contributed by atoms with Crippen LogP contribution >= 0.6 is 0 Å². The molecule has 7 nitrogen and oxygen atoms in total. The summed E-state index contributed by atoms with van der Waals surface area (Å²) in [5, 5.41) is 9.41. The second-order valence-corrected chi connectivity index (χ2v) is 3.99. The second kappa shape index (κ2) is 5.79. The summed E-state index contributed by atoms with van der Waals surface area (Å²) in [6.07, 6.45) is 2.36. The zero-order chi connectivity index (χ0) is 14.5. The van der Waals surface area contributed by atoms with E-state index in [1.165, 1.54) is 13.3 Å². The third-order valence-electron chi connectivity index (χ3n) is 2.53. The summed E-state index contributed by atoms with van der Waals surface area (Å²) in [7, 11) is 0. The van der Waals surface area contributed by atoms with Crippen LogP contribution < -0.4 is 10.9 Å². The lowest BCUT2D eigenvalue weighted by Crippen LogP contribution is -2.28. The molecule has 0 atom stereocenters. The molecule has 1 aromatic heterocycles. The Hall–Kier alpha value is -2.96. The summed E-state index contributed by atoms with van der Waals surface area (Å²) in [6, 6.07) is 7.30. The van der Waals surface area contributed by atoms with Crippen LogP contribution in [0.4, 0.5) is 5.82 Å². The molecule has 7 heteroatoms. The average Bonchev–Trinajstić information content (AvgIpc) is 2.44. The maximum absolute atomic E-state index is 11.5. The van der Waals surface area contributed by atoms with Gasteiger partial charge in [-0.1, -0.05) is 12.1 Å². The number of hydrogen-bond donors (Lipinski definition) is 3. The summed E-state index contributed by atoms with van der Waals surface area (Å²) >= 11 is 0. The fourth-order valence-corrected chi connectivity index (χ4v) is 1.52. The van der Waals surface area contributed by atoms with Gasteiger partial charge in [0.1, 0.15) is 6.33 Å². The molecule has 1 heterocycles. The van der Waals surface area contributed by atoms with Crippen molar-refractivity contribution in [1.82, 2.24) is 15.4 Å². The number of aliphatic carboxylic acids is 1. The number of anilines is 1. The van der Waals surface area contributed by atoms with Crippen molar-refractivity contribution >= 4 is 28.6 Å². The van der Waals surface area contributed by atoms with E-state index in [-0.39, 0.29) is 5.57 Å². The molecule has 2 aromatic rings. The van der Waals surface area contributed by atoms with E-state index in [0.29, 0.717) is 5.82 Å². The summed E-state index contributed by atoms with van der Waals surface area (Å²) < 4.78 is 0. The van der Waals surface area contributed by atoms with Gasteiger partial charge in [-0.3, -0.25) is 15.6 Å². The number of nitrogens with zero attached hydrogens (tertiary/aromatic N) is 2. The van der Waals surface area contributed by atoms with E-state index in [1.807, 2.05) is 24.3 Å². The quantitative estimate of drug-likeness (QED) is 0.569. The first kappa shape index (κ1) is 13.5. The number of carboxylic acid groups (broad SMARTS) is 1. The zero-order valence-corrected chi connectivity index (χ0v) is 10.6. The molecule has 0 aliphatic heterocycles. The van der Waals surface area contributed by atoms with Crippen LogP contribution in [-0.2, 0) is 9.59 Å². The standard InChI is InChI=1S/C13H12N4O3/c1-8(13(19)20)6-11(18)16-17-12-9-4-2-3-5-10(9)14-7-15-12/h2-7H,1H3,(H,16,18)(H,19,20)(H,14,15,17)/b8-6+. The first-order valence-corrected chi connectivity index (χ1v) is 5.75. The Bertz CT molecular complexity index is 692. The van der Waals surface area contributed by atoms with Crippen LogP contribution in [0.1, 0.15) is 6.92 Å². The number of para-hydroxylation sites is 1. The molecule has 0 aliphatic carbocycles. The molecule has 1 aromatic carbocycles. The molecule has 0 radical (unpaired) electrons. The minimum Gasteiger partial charge on any atom is -0.478 e. The number of carbonyl (C=O) groups excluding carboxylic acids is 1. The third-order valence-corrected chi connectivity index (χ3v) is 2.53. The Morgan fingerprint density at radius 3 is 2.75 bits per heavy atom. The highest BCUT2D eigenvalue weighted by atomic mass is 16.4. The number of benzene rings is 1. The van der Waals surface area contributed by atoms with Gasteiger partial charge in [-0.15, -0.1) is 0 Å². The molecule has 2 rings (SSSR count). The maximum atomic E-state index is 11.5. The van der Waals surface area contributed by atoms with Crippen molar-refractivity contribution in [3.8, 4) is 0 Å². The molecule has 1 amide bonds. The number of hydrazine groups is 1. The Morgan fingerprint density at radius 1 is 1.25 bits per heavy atom. The van der Waals surface area contributed by atoms with Crippen molar-refractivity contribution < 1.29 is 14.7 Å². The zero-order valence-electron chi connectivity index (χ0n) is 10.6. The molecule has 20 heavy (non-hydrogen) atoms. The predicted molar refractivity (Wildman–Crippen MR) is 72.7 cm³/mol. The number of nitrogens with one attached hydrogen (secondary N) is 2. The molecule has 0 spiro atoms. The number of carbonyl (C=O) groups is 2.